The molecule has 1 heterocycles. The fourth-order valence-electron chi connectivity index (χ4n) is 3.35. The van der Waals surface area contributed by atoms with Gasteiger partial charge in [0.15, 0.2) is 0 Å². The van der Waals surface area contributed by atoms with E-state index in [1.807, 2.05) is 25.1 Å². The van der Waals surface area contributed by atoms with Crippen molar-refractivity contribution in [2.75, 3.05) is 23.7 Å². The van der Waals surface area contributed by atoms with Crippen LogP contribution in [0, 0.1) is 5.82 Å². The summed E-state index contributed by atoms with van der Waals surface area (Å²) in [5.74, 6) is -0.248. The molecule has 1 unspecified atom stereocenters. The minimum Gasteiger partial charge on any atom is -0.398 e. The third-order valence-electron chi connectivity index (χ3n) is 4.80. The molecule has 2 aromatic carbocycles. The molecule has 0 bridgehead atoms. The monoisotopic (exact) mass is 341 g/mol. The highest BCUT2D eigenvalue weighted by Gasteiger charge is 2.26. The predicted octanol–water partition coefficient (Wildman–Crippen LogP) is 2.91. The highest BCUT2D eigenvalue weighted by molar-refractivity contribution is 5.86. The number of anilines is 2. The van der Waals surface area contributed by atoms with Gasteiger partial charge >= 0.3 is 0 Å². The molecule has 5 heteroatoms. The number of halogens is 1. The molecule has 25 heavy (non-hydrogen) atoms. The summed E-state index contributed by atoms with van der Waals surface area (Å²) in [7, 11) is 0. The first-order valence-electron chi connectivity index (χ1n) is 8.72. The SMILES string of the molecule is CC(C(=O)NCCc1ccc(F)cc1)N1CCCc2c(N)cccc21. The number of benzene rings is 2. The van der Waals surface area contributed by atoms with Gasteiger partial charge in [-0.2, -0.15) is 0 Å². The quantitative estimate of drug-likeness (QED) is 0.822. The summed E-state index contributed by atoms with van der Waals surface area (Å²) in [6, 6.07) is 12.0. The summed E-state index contributed by atoms with van der Waals surface area (Å²) in [6.45, 7) is 3.31. The normalized spacial score (nSPS) is 14.7. The van der Waals surface area contributed by atoms with Crippen LogP contribution in [0.4, 0.5) is 15.8 Å². The number of amides is 1. The summed E-state index contributed by atoms with van der Waals surface area (Å²) in [4.78, 5) is 14.7. The van der Waals surface area contributed by atoms with E-state index < -0.39 is 0 Å². The zero-order chi connectivity index (χ0) is 17.8. The Kier molecular flexibility index (Phi) is 5.22. The smallest absolute Gasteiger partial charge is 0.242 e. The minimum absolute atomic E-state index is 0.00242. The summed E-state index contributed by atoms with van der Waals surface area (Å²) in [5.41, 5.74) is 10.1. The molecule has 1 aliphatic rings. The standard InChI is InChI=1S/C20H24FN3O/c1-14(20(25)23-12-11-15-7-9-16(21)10-8-15)24-13-3-4-17-18(22)5-2-6-19(17)24/h2,5-10,14H,3-4,11-13,22H2,1H3,(H,23,25). The van der Waals surface area contributed by atoms with Crippen LogP contribution >= 0.6 is 0 Å². The molecule has 2 aromatic rings. The summed E-state index contributed by atoms with van der Waals surface area (Å²) >= 11 is 0. The number of rotatable bonds is 5. The first-order chi connectivity index (χ1) is 12.1. The van der Waals surface area contributed by atoms with E-state index in [0.717, 1.165) is 41.9 Å². The number of hydrogen-bond donors (Lipinski definition) is 2. The lowest BCUT2D eigenvalue weighted by atomic mass is 9.98. The van der Waals surface area contributed by atoms with Crippen molar-refractivity contribution in [1.82, 2.24) is 5.32 Å². The van der Waals surface area contributed by atoms with Gasteiger partial charge in [-0.25, -0.2) is 4.39 Å². The van der Waals surface area contributed by atoms with Crippen LogP contribution in [-0.2, 0) is 17.6 Å². The highest BCUT2D eigenvalue weighted by Crippen LogP contribution is 2.32. The first-order valence-corrected chi connectivity index (χ1v) is 8.72. The number of carbonyl (C=O) groups is 1. The van der Waals surface area contributed by atoms with Gasteiger partial charge in [-0.15, -0.1) is 0 Å². The second-order valence-electron chi connectivity index (χ2n) is 6.49. The van der Waals surface area contributed by atoms with Crippen LogP contribution in [0.15, 0.2) is 42.5 Å². The molecule has 3 rings (SSSR count). The van der Waals surface area contributed by atoms with Gasteiger partial charge in [0.2, 0.25) is 5.91 Å². The Balaban J connectivity index is 1.60. The van der Waals surface area contributed by atoms with Gasteiger partial charge < -0.3 is 16.0 Å². The maximum absolute atomic E-state index is 12.9. The van der Waals surface area contributed by atoms with E-state index in [9.17, 15) is 9.18 Å². The van der Waals surface area contributed by atoms with E-state index in [1.54, 1.807) is 12.1 Å². The van der Waals surface area contributed by atoms with Crippen molar-refractivity contribution in [3.8, 4) is 0 Å². The van der Waals surface area contributed by atoms with Gasteiger partial charge in [-0.3, -0.25) is 4.79 Å². The molecule has 132 valence electrons. The van der Waals surface area contributed by atoms with Gasteiger partial charge in [0.25, 0.3) is 0 Å². The van der Waals surface area contributed by atoms with Crippen molar-refractivity contribution in [2.24, 2.45) is 0 Å². The van der Waals surface area contributed by atoms with Gasteiger partial charge in [0.1, 0.15) is 11.9 Å². The van der Waals surface area contributed by atoms with E-state index in [0.29, 0.717) is 13.0 Å². The van der Waals surface area contributed by atoms with E-state index in [4.69, 9.17) is 5.73 Å². The molecule has 0 fully saturated rings. The lowest BCUT2D eigenvalue weighted by Gasteiger charge is -2.36. The molecule has 0 spiro atoms. The number of carbonyl (C=O) groups excluding carboxylic acids is 1. The van der Waals surface area contributed by atoms with E-state index in [1.165, 1.54) is 12.1 Å². The molecular formula is C20H24FN3O. The van der Waals surface area contributed by atoms with Crippen molar-refractivity contribution in [2.45, 2.75) is 32.2 Å². The fourth-order valence-corrected chi connectivity index (χ4v) is 3.35. The van der Waals surface area contributed by atoms with Crippen LogP contribution in [0.25, 0.3) is 0 Å². The van der Waals surface area contributed by atoms with Crippen LogP contribution in [0.3, 0.4) is 0 Å². The zero-order valence-corrected chi connectivity index (χ0v) is 14.5. The van der Waals surface area contributed by atoms with E-state index in [-0.39, 0.29) is 17.8 Å². The molecule has 0 aromatic heterocycles. The number of nitrogen functional groups attached to an aromatic ring is 1. The van der Waals surface area contributed by atoms with Gasteiger partial charge in [-0.05, 0) is 61.6 Å². The van der Waals surface area contributed by atoms with Gasteiger partial charge in [-0.1, -0.05) is 18.2 Å². The topological polar surface area (TPSA) is 58.4 Å². The lowest BCUT2D eigenvalue weighted by Crippen LogP contribution is -2.47. The van der Waals surface area contributed by atoms with Crippen LogP contribution in [0.1, 0.15) is 24.5 Å². The number of hydrogen-bond acceptors (Lipinski definition) is 3. The Morgan fingerprint density at radius 2 is 2.04 bits per heavy atom. The number of fused-ring (bicyclic) bond motifs is 1. The molecule has 0 saturated heterocycles. The highest BCUT2D eigenvalue weighted by atomic mass is 19.1. The van der Waals surface area contributed by atoms with Gasteiger partial charge in [0, 0.05) is 24.5 Å². The molecule has 1 atom stereocenters. The molecule has 0 saturated carbocycles. The molecule has 0 aliphatic carbocycles. The first kappa shape index (κ1) is 17.3. The fraction of sp³-hybridized carbons (Fsp3) is 0.350. The minimum atomic E-state index is -0.255. The molecular weight excluding hydrogens is 317 g/mol. The second kappa shape index (κ2) is 7.55. The van der Waals surface area contributed by atoms with E-state index in [2.05, 4.69) is 10.2 Å². The molecule has 1 aliphatic heterocycles. The van der Waals surface area contributed by atoms with Crippen LogP contribution in [-0.4, -0.2) is 25.0 Å². The molecule has 3 N–H and O–H groups in total. The summed E-state index contributed by atoms with van der Waals surface area (Å²) in [6.07, 6.45) is 2.63. The van der Waals surface area contributed by atoms with Crippen molar-refractivity contribution < 1.29 is 9.18 Å². The second-order valence-corrected chi connectivity index (χ2v) is 6.49. The van der Waals surface area contributed by atoms with Crippen molar-refractivity contribution in [1.29, 1.82) is 0 Å². The summed E-state index contributed by atoms with van der Waals surface area (Å²) < 4.78 is 12.9. The number of nitrogens with two attached hydrogens (primary N) is 1. The Morgan fingerprint density at radius 3 is 2.80 bits per heavy atom. The maximum Gasteiger partial charge on any atom is 0.242 e. The predicted molar refractivity (Wildman–Crippen MR) is 99.1 cm³/mol. The Morgan fingerprint density at radius 1 is 1.28 bits per heavy atom. The van der Waals surface area contributed by atoms with Crippen LogP contribution in [0.5, 0.6) is 0 Å². The van der Waals surface area contributed by atoms with Gasteiger partial charge in [0.05, 0.1) is 0 Å². The van der Waals surface area contributed by atoms with E-state index >= 15 is 0 Å². The third-order valence-corrected chi connectivity index (χ3v) is 4.80. The Hall–Kier alpha value is -2.56. The maximum atomic E-state index is 12.9. The average molecular weight is 341 g/mol. The Labute approximate surface area is 147 Å². The van der Waals surface area contributed by atoms with Crippen molar-refractivity contribution >= 4 is 17.3 Å². The molecule has 0 radical (unpaired) electrons. The largest absolute Gasteiger partial charge is 0.398 e. The van der Waals surface area contributed by atoms with Crippen LogP contribution in [0.2, 0.25) is 0 Å². The van der Waals surface area contributed by atoms with Crippen molar-refractivity contribution in [3.63, 3.8) is 0 Å². The van der Waals surface area contributed by atoms with Crippen molar-refractivity contribution in [3.05, 3.63) is 59.4 Å². The van der Waals surface area contributed by atoms with Crippen LogP contribution < -0.4 is 16.0 Å². The Bertz CT molecular complexity index is 745. The lowest BCUT2D eigenvalue weighted by molar-refractivity contribution is -0.122. The number of nitrogens with zero attached hydrogens (tertiary/aromatic N) is 1. The number of nitrogens with one attached hydrogen (secondary N) is 1. The third kappa shape index (κ3) is 3.92. The summed E-state index contributed by atoms with van der Waals surface area (Å²) in [5, 5.41) is 2.98. The molecule has 1 amide bonds. The zero-order valence-electron chi connectivity index (χ0n) is 14.5. The molecule has 4 nitrogen and oxygen atoms in total. The average Bonchev–Trinajstić information content (AvgIpc) is 2.62.